The molecular weight excluding hydrogens is 162 g/mol. The molecule has 2 heteroatoms. The number of hydrogen-bond donors (Lipinski definition) is 1. The molecule has 0 fully saturated rings. The molecule has 0 aromatic rings. The van der Waals surface area contributed by atoms with Crippen molar-refractivity contribution in [3.8, 4) is 0 Å². The summed E-state index contributed by atoms with van der Waals surface area (Å²) in [7, 11) is 1.86. The maximum Gasteiger partial charge on any atom is 0.0967 e. The van der Waals surface area contributed by atoms with Gasteiger partial charge < -0.3 is 4.74 Å². The zero-order chi connectivity index (χ0) is 9.94. The van der Waals surface area contributed by atoms with E-state index in [1.807, 2.05) is 26.1 Å². The maximum atomic E-state index is 5.27. The van der Waals surface area contributed by atoms with Crippen LogP contribution in [0.25, 0.3) is 0 Å². The molecule has 0 heterocycles. The summed E-state index contributed by atoms with van der Waals surface area (Å²) < 4.78 is 5.27. The molecule has 0 unspecified atom stereocenters. The molecule has 0 aromatic carbocycles. The second-order valence-corrected chi connectivity index (χ2v) is 2.81. The molecule has 0 amide bonds. The molecule has 0 aromatic heterocycles. The molecule has 0 saturated carbocycles. The van der Waals surface area contributed by atoms with Crippen LogP contribution in [0, 0.1) is 0 Å². The molecule has 0 radical (unpaired) electrons. The van der Waals surface area contributed by atoms with Gasteiger partial charge in [0, 0.05) is 0 Å². The Morgan fingerprint density at radius 1 is 1.54 bits per heavy atom. The van der Waals surface area contributed by atoms with Gasteiger partial charge in [-0.25, -0.2) is 0 Å². The van der Waals surface area contributed by atoms with Gasteiger partial charge in [-0.05, 0) is 26.0 Å². The Labute approximate surface area is 81.0 Å². The van der Waals surface area contributed by atoms with Crippen LogP contribution in [-0.4, -0.2) is 20.4 Å². The first-order valence-corrected chi connectivity index (χ1v) is 4.46. The number of hydrogen-bond acceptors (Lipinski definition) is 2. The van der Waals surface area contributed by atoms with Crippen LogP contribution in [0.3, 0.4) is 0 Å². The van der Waals surface area contributed by atoms with Gasteiger partial charge in [0.05, 0.1) is 13.3 Å². The predicted octanol–water partition coefficient (Wildman–Crippen LogP) is 2.26. The summed E-state index contributed by atoms with van der Waals surface area (Å²) in [6, 6.07) is 0. The molecule has 0 aliphatic carbocycles. The van der Waals surface area contributed by atoms with Crippen LogP contribution in [0.4, 0.5) is 0 Å². The zero-order valence-electron chi connectivity index (χ0n) is 8.55. The monoisotopic (exact) mass is 181 g/mol. The quantitative estimate of drug-likeness (QED) is 0.281. The molecule has 0 aliphatic rings. The van der Waals surface area contributed by atoms with Crippen molar-refractivity contribution >= 4 is 0 Å². The van der Waals surface area contributed by atoms with Gasteiger partial charge in [0.1, 0.15) is 0 Å². The van der Waals surface area contributed by atoms with Crippen LogP contribution in [0.1, 0.15) is 13.3 Å². The highest BCUT2D eigenvalue weighted by Gasteiger charge is 1.86. The van der Waals surface area contributed by atoms with Gasteiger partial charge in [-0.3, -0.25) is 5.32 Å². The van der Waals surface area contributed by atoms with Crippen molar-refractivity contribution in [1.29, 1.82) is 0 Å². The van der Waals surface area contributed by atoms with E-state index in [1.165, 1.54) is 5.57 Å². The molecule has 0 saturated heterocycles. The normalized spacial score (nSPS) is 12.3. The molecule has 0 spiro atoms. The topological polar surface area (TPSA) is 21.3 Å². The number of nitrogens with one attached hydrogen (secondary N) is 1. The van der Waals surface area contributed by atoms with E-state index in [9.17, 15) is 0 Å². The van der Waals surface area contributed by atoms with Crippen molar-refractivity contribution < 1.29 is 4.74 Å². The third-order valence-electron chi connectivity index (χ3n) is 1.40. The fraction of sp³-hybridized carbons (Fsp3) is 0.455. The third-order valence-corrected chi connectivity index (χ3v) is 1.40. The number of ether oxygens (including phenoxy) is 1. The SMILES string of the molecule is C=CCC=C/C=C(\C)COCNC. The predicted molar refractivity (Wildman–Crippen MR) is 57.6 cm³/mol. The lowest BCUT2D eigenvalue weighted by Crippen LogP contribution is -2.12. The molecule has 1 N–H and O–H groups in total. The summed E-state index contributed by atoms with van der Waals surface area (Å²) in [5, 5.41) is 2.92. The van der Waals surface area contributed by atoms with E-state index in [4.69, 9.17) is 4.74 Å². The summed E-state index contributed by atoms with van der Waals surface area (Å²) in [6.45, 7) is 6.96. The Morgan fingerprint density at radius 2 is 2.31 bits per heavy atom. The molecule has 0 aliphatic heterocycles. The van der Waals surface area contributed by atoms with Gasteiger partial charge in [-0.2, -0.15) is 0 Å². The highest BCUT2D eigenvalue weighted by Crippen LogP contribution is 1.94. The van der Waals surface area contributed by atoms with Crippen molar-refractivity contribution in [1.82, 2.24) is 5.32 Å². The largest absolute Gasteiger partial charge is 0.362 e. The van der Waals surface area contributed by atoms with Crippen LogP contribution in [-0.2, 0) is 4.74 Å². The van der Waals surface area contributed by atoms with Gasteiger partial charge in [-0.15, -0.1) is 6.58 Å². The van der Waals surface area contributed by atoms with E-state index < -0.39 is 0 Å². The molecular formula is C11H19NO. The van der Waals surface area contributed by atoms with Gasteiger partial charge in [0.2, 0.25) is 0 Å². The second kappa shape index (κ2) is 9.23. The van der Waals surface area contributed by atoms with Crippen LogP contribution >= 0.6 is 0 Å². The highest BCUT2D eigenvalue weighted by atomic mass is 16.5. The van der Waals surface area contributed by atoms with E-state index in [0.29, 0.717) is 13.3 Å². The standard InChI is InChI=1S/C11H19NO/c1-4-5-6-7-8-11(2)9-13-10-12-3/h4,6-8,12H,1,5,9-10H2,2-3H3/b7-6?,11-8+. The lowest BCUT2D eigenvalue weighted by molar-refractivity contribution is 0.143. The van der Waals surface area contributed by atoms with Crippen molar-refractivity contribution in [2.75, 3.05) is 20.4 Å². The Kier molecular flexibility index (Phi) is 8.62. The fourth-order valence-corrected chi connectivity index (χ4v) is 0.769. The van der Waals surface area contributed by atoms with E-state index >= 15 is 0 Å². The number of allylic oxidation sites excluding steroid dienone is 4. The second-order valence-electron chi connectivity index (χ2n) is 2.81. The van der Waals surface area contributed by atoms with Crippen LogP contribution in [0.2, 0.25) is 0 Å². The lowest BCUT2D eigenvalue weighted by Gasteiger charge is -2.01. The molecule has 13 heavy (non-hydrogen) atoms. The lowest BCUT2D eigenvalue weighted by atomic mass is 10.3. The van der Waals surface area contributed by atoms with Gasteiger partial charge in [0.15, 0.2) is 0 Å². The van der Waals surface area contributed by atoms with Crippen molar-refractivity contribution in [3.63, 3.8) is 0 Å². The average Bonchev–Trinajstić information content (AvgIpc) is 2.13. The Balaban J connectivity index is 3.55. The van der Waals surface area contributed by atoms with Crippen LogP contribution in [0.5, 0.6) is 0 Å². The zero-order valence-corrected chi connectivity index (χ0v) is 8.55. The summed E-state index contributed by atoms with van der Waals surface area (Å²) in [5.41, 5.74) is 1.22. The first-order chi connectivity index (χ1) is 6.31. The van der Waals surface area contributed by atoms with Crippen LogP contribution < -0.4 is 5.32 Å². The summed E-state index contributed by atoms with van der Waals surface area (Å²) in [6.07, 6.45) is 8.94. The molecule has 0 rings (SSSR count). The minimum absolute atomic E-state index is 0.599. The molecule has 0 bridgehead atoms. The number of rotatable bonds is 7. The van der Waals surface area contributed by atoms with Gasteiger partial charge in [-0.1, -0.05) is 24.3 Å². The Hall–Kier alpha value is -0.860. The summed E-state index contributed by atoms with van der Waals surface area (Å²) in [5.74, 6) is 0. The molecule has 74 valence electrons. The van der Waals surface area contributed by atoms with Gasteiger partial charge >= 0.3 is 0 Å². The van der Waals surface area contributed by atoms with Crippen molar-refractivity contribution in [2.24, 2.45) is 0 Å². The Bertz CT molecular complexity index is 183. The Morgan fingerprint density at radius 3 is 2.92 bits per heavy atom. The van der Waals surface area contributed by atoms with Gasteiger partial charge in [0.25, 0.3) is 0 Å². The molecule has 0 atom stereocenters. The van der Waals surface area contributed by atoms with Crippen molar-refractivity contribution in [2.45, 2.75) is 13.3 Å². The minimum Gasteiger partial charge on any atom is -0.362 e. The average molecular weight is 181 g/mol. The van der Waals surface area contributed by atoms with E-state index in [2.05, 4.69) is 24.0 Å². The van der Waals surface area contributed by atoms with E-state index in [0.717, 1.165) is 6.42 Å². The first-order valence-electron chi connectivity index (χ1n) is 4.46. The summed E-state index contributed by atoms with van der Waals surface area (Å²) >= 11 is 0. The smallest absolute Gasteiger partial charge is 0.0967 e. The third kappa shape index (κ3) is 9.05. The first kappa shape index (κ1) is 12.1. The van der Waals surface area contributed by atoms with Crippen LogP contribution in [0.15, 0.2) is 36.5 Å². The van der Waals surface area contributed by atoms with Crippen molar-refractivity contribution in [3.05, 3.63) is 36.5 Å². The summed E-state index contributed by atoms with van der Waals surface area (Å²) in [4.78, 5) is 0. The van der Waals surface area contributed by atoms with E-state index in [1.54, 1.807) is 0 Å². The minimum atomic E-state index is 0.599. The maximum absolute atomic E-state index is 5.27. The highest BCUT2D eigenvalue weighted by molar-refractivity contribution is 5.11. The fourth-order valence-electron chi connectivity index (χ4n) is 0.769. The van der Waals surface area contributed by atoms with E-state index in [-0.39, 0.29) is 0 Å². The molecule has 2 nitrogen and oxygen atoms in total.